The van der Waals surface area contributed by atoms with E-state index in [1.54, 1.807) is 24.0 Å². The molecule has 5 nitrogen and oxygen atoms in total. The molecule has 0 spiro atoms. The number of aryl methyl sites for hydroxylation is 1. The molecule has 0 aliphatic heterocycles. The topological polar surface area (TPSA) is 55.8 Å². The van der Waals surface area contributed by atoms with Crippen LogP contribution in [0.2, 0.25) is 0 Å². The fourth-order valence-corrected chi connectivity index (χ4v) is 1.92. The van der Waals surface area contributed by atoms with Gasteiger partial charge in [0, 0.05) is 13.1 Å². The summed E-state index contributed by atoms with van der Waals surface area (Å²) in [6.45, 7) is 8.75. The van der Waals surface area contributed by atoms with E-state index in [0.29, 0.717) is 18.7 Å². The molecule has 0 fully saturated rings. The third-order valence-electron chi connectivity index (χ3n) is 3.37. The van der Waals surface area contributed by atoms with Crippen molar-refractivity contribution in [3.8, 4) is 0 Å². The largest absolute Gasteiger partial charge is 0.458 e. The highest BCUT2D eigenvalue weighted by Gasteiger charge is 2.16. The monoisotopic (exact) mass is 307 g/mol. The zero-order valence-corrected chi connectivity index (χ0v) is 13.8. The Balaban J connectivity index is 2.44. The van der Waals surface area contributed by atoms with Crippen molar-refractivity contribution < 1.29 is 19.1 Å². The standard InChI is InChI=1S/C17H25NO4/c1-5-14-8-10-15(11-9-14)16(19)21-12-13(4)22-17(20)18(6-2)7-3/h8-11,13H,5-7,12H2,1-4H3. The lowest BCUT2D eigenvalue weighted by Gasteiger charge is -2.21. The summed E-state index contributed by atoms with van der Waals surface area (Å²) in [7, 11) is 0. The van der Waals surface area contributed by atoms with Gasteiger partial charge in [-0.1, -0.05) is 19.1 Å². The third kappa shape index (κ3) is 5.39. The fourth-order valence-electron chi connectivity index (χ4n) is 1.92. The normalized spacial score (nSPS) is 11.6. The van der Waals surface area contributed by atoms with Crippen LogP contribution in [0.15, 0.2) is 24.3 Å². The van der Waals surface area contributed by atoms with E-state index in [0.717, 1.165) is 12.0 Å². The van der Waals surface area contributed by atoms with Crippen LogP contribution in [-0.2, 0) is 15.9 Å². The molecule has 0 aromatic heterocycles. The Bertz CT molecular complexity index is 480. The molecule has 1 aromatic carbocycles. The number of hydrogen-bond donors (Lipinski definition) is 0. The van der Waals surface area contributed by atoms with Gasteiger partial charge in [0.1, 0.15) is 12.7 Å². The number of amides is 1. The van der Waals surface area contributed by atoms with Crippen LogP contribution in [0.25, 0.3) is 0 Å². The zero-order chi connectivity index (χ0) is 16.5. The van der Waals surface area contributed by atoms with Crippen LogP contribution in [0.4, 0.5) is 4.79 Å². The van der Waals surface area contributed by atoms with Gasteiger partial charge in [-0.3, -0.25) is 0 Å². The highest BCUT2D eigenvalue weighted by molar-refractivity contribution is 5.89. The number of carbonyl (C=O) groups excluding carboxylic acids is 2. The Morgan fingerprint density at radius 2 is 1.68 bits per heavy atom. The quantitative estimate of drug-likeness (QED) is 0.725. The first-order chi connectivity index (χ1) is 10.5. The maximum Gasteiger partial charge on any atom is 0.410 e. The van der Waals surface area contributed by atoms with E-state index in [1.807, 2.05) is 26.0 Å². The van der Waals surface area contributed by atoms with Gasteiger partial charge < -0.3 is 14.4 Å². The number of esters is 1. The maximum absolute atomic E-state index is 11.9. The van der Waals surface area contributed by atoms with Crippen molar-refractivity contribution >= 4 is 12.1 Å². The highest BCUT2D eigenvalue weighted by atomic mass is 16.6. The van der Waals surface area contributed by atoms with Crippen molar-refractivity contribution in [2.45, 2.75) is 40.2 Å². The first kappa shape index (κ1) is 18.0. The summed E-state index contributed by atoms with van der Waals surface area (Å²) in [5, 5.41) is 0. The van der Waals surface area contributed by atoms with Crippen molar-refractivity contribution in [2.75, 3.05) is 19.7 Å². The van der Waals surface area contributed by atoms with E-state index in [1.165, 1.54) is 0 Å². The van der Waals surface area contributed by atoms with Gasteiger partial charge in [0.05, 0.1) is 5.56 Å². The molecule has 122 valence electrons. The molecule has 1 rings (SSSR count). The Morgan fingerprint density at radius 3 is 2.18 bits per heavy atom. The summed E-state index contributed by atoms with van der Waals surface area (Å²) in [5.41, 5.74) is 1.66. The number of ether oxygens (including phenoxy) is 2. The summed E-state index contributed by atoms with van der Waals surface area (Å²) in [4.78, 5) is 25.2. The second kappa shape index (κ2) is 9.07. The van der Waals surface area contributed by atoms with Gasteiger partial charge in [-0.15, -0.1) is 0 Å². The summed E-state index contributed by atoms with van der Waals surface area (Å²) < 4.78 is 10.4. The van der Waals surface area contributed by atoms with Crippen molar-refractivity contribution in [1.82, 2.24) is 4.90 Å². The molecule has 0 saturated heterocycles. The minimum absolute atomic E-state index is 0.0430. The van der Waals surface area contributed by atoms with Gasteiger partial charge in [-0.2, -0.15) is 0 Å². The van der Waals surface area contributed by atoms with Gasteiger partial charge in [0.2, 0.25) is 0 Å². The van der Waals surface area contributed by atoms with Gasteiger partial charge >= 0.3 is 12.1 Å². The first-order valence-corrected chi connectivity index (χ1v) is 7.73. The molecule has 0 bridgehead atoms. The highest BCUT2D eigenvalue weighted by Crippen LogP contribution is 2.07. The minimum Gasteiger partial charge on any atom is -0.458 e. The molecule has 1 atom stereocenters. The predicted octanol–water partition coefficient (Wildman–Crippen LogP) is 3.27. The molecule has 0 saturated carbocycles. The van der Waals surface area contributed by atoms with Crippen molar-refractivity contribution in [3.05, 3.63) is 35.4 Å². The summed E-state index contributed by atoms with van der Waals surface area (Å²) in [6, 6.07) is 7.29. The Kier molecular flexibility index (Phi) is 7.43. The lowest BCUT2D eigenvalue weighted by molar-refractivity contribution is 0.0139. The molecule has 0 radical (unpaired) electrons. The lowest BCUT2D eigenvalue weighted by atomic mass is 10.1. The molecule has 22 heavy (non-hydrogen) atoms. The second-order valence-corrected chi connectivity index (χ2v) is 5.02. The maximum atomic E-state index is 11.9. The van der Waals surface area contributed by atoms with Crippen LogP contribution >= 0.6 is 0 Å². The number of rotatable bonds is 7. The van der Waals surface area contributed by atoms with E-state index in [9.17, 15) is 9.59 Å². The van der Waals surface area contributed by atoms with Crippen LogP contribution in [0.3, 0.4) is 0 Å². The van der Waals surface area contributed by atoms with Crippen LogP contribution in [0.5, 0.6) is 0 Å². The smallest absolute Gasteiger partial charge is 0.410 e. The van der Waals surface area contributed by atoms with Gasteiger partial charge in [0.25, 0.3) is 0 Å². The number of carbonyl (C=O) groups is 2. The van der Waals surface area contributed by atoms with E-state index in [2.05, 4.69) is 6.92 Å². The number of benzene rings is 1. The SMILES string of the molecule is CCc1ccc(C(=O)OCC(C)OC(=O)N(CC)CC)cc1. The summed E-state index contributed by atoms with van der Waals surface area (Å²) in [5.74, 6) is -0.409. The van der Waals surface area contributed by atoms with E-state index in [-0.39, 0.29) is 12.7 Å². The molecular weight excluding hydrogens is 282 g/mol. The molecule has 0 aliphatic rings. The fraction of sp³-hybridized carbons (Fsp3) is 0.529. The number of nitrogens with zero attached hydrogens (tertiary/aromatic N) is 1. The first-order valence-electron chi connectivity index (χ1n) is 7.73. The van der Waals surface area contributed by atoms with Crippen LogP contribution in [-0.4, -0.2) is 42.8 Å². The Morgan fingerprint density at radius 1 is 1.09 bits per heavy atom. The summed E-state index contributed by atoms with van der Waals surface area (Å²) in [6.07, 6.45) is 0.0565. The average molecular weight is 307 g/mol. The molecular formula is C17H25NO4. The zero-order valence-electron chi connectivity index (χ0n) is 13.8. The van der Waals surface area contributed by atoms with Gasteiger partial charge in [-0.05, 0) is 44.9 Å². The average Bonchev–Trinajstić information content (AvgIpc) is 2.53. The van der Waals surface area contributed by atoms with Crippen LogP contribution < -0.4 is 0 Å². The van der Waals surface area contributed by atoms with Gasteiger partial charge in [-0.25, -0.2) is 9.59 Å². The Labute approximate surface area is 132 Å². The molecule has 1 unspecified atom stereocenters. The molecule has 0 aliphatic carbocycles. The van der Waals surface area contributed by atoms with Crippen molar-refractivity contribution in [1.29, 1.82) is 0 Å². The molecule has 1 aromatic rings. The third-order valence-corrected chi connectivity index (χ3v) is 3.37. The van der Waals surface area contributed by atoms with Crippen LogP contribution in [0, 0.1) is 0 Å². The minimum atomic E-state index is -0.480. The molecule has 0 heterocycles. The molecule has 5 heteroatoms. The van der Waals surface area contributed by atoms with E-state index >= 15 is 0 Å². The van der Waals surface area contributed by atoms with E-state index in [4.69, 9.17) is 9.47 Å². The predicted molar refractivity (Wildman–Crippen MR) is 85.0 cm³/mol. The summed E-state index contributed by atoms with van der Waals surface area (Å²) >= 11 is 0. The second-order valence-electron chi connectivity index (χ2n) is 5.02. The number of hydrogen-bond acceptors (Lipinski definition) is 4. The van der Waals surface area contributed by atoms with Crippen LogP contribution in [0.1, 0.15) is 43.6 Å². The molecule has 0 N–H and O–H groups in total. The van der Waals surface area contributed by atoms with Crippen molar-refractivity contribution in [2.24, 2.45) is 0 Å². The van der Waals surface area contributed by atoms with Gasteiger partial charge in [0.15, 0.2) is 0 Å². The Hall–Kier alpha value is -2.04. The lowest BCUT2D eigenvalue weighted by Crippen LogP contribution is -2.34. The van der Waals surface area contributed by atoms with Crippen molar-refractivity contribution in [3.63, 3.8) is 0 Å². The molecule has 1 amide bonds. The van der Waals surface area contributed by atoms with E-state index < -0.39 is 12.1 Å².